The Morgan fingerprint density at radius 1 is 0.923 bits per heavy atom. The summed E-state index contributed by atoms with van der Waals surface area (Å²) in [5.74, 6) is 1.17. The summed E-state index contributed by atoms with van der Waals surface area (Å²) >= 11 is 0. The van der Waals surface area contributed by atoms with Gasteiger partial charge in [0.2, 0.25) is 0 Å². The van der Waals surface area contributed by atoms with Crippen LogP contribution in [0, 0.1) is 0 Å². The summed E-state index contributed by atoms with van der Waals surface area (Å²) in [7, 11) is -6.34. The molecule has 1 fully saturated rings. The van der Waals surface area contributed by atoms with Gasteiger partial charge in [0, 0.05) is 16.4 Å². The quantitative estimate of drug-likeness (QED) is 0.800. The second-order valence-corrected chi connectivity index (χ2v) is 10.8. The normalized spacial score (nSPS) is 18.6. The fourth-order valence-corrected chi connectivity index (χ4v) is 8.49. The van der Waals surface area contributed by atoms with Gasteiger partial charge >= 0.3 is 16.3 Å². The molecule has 0 radical (unpaired) electrons. The first kappa shape index (κ1) is 19.1. The molecule has 2 aromatic carbocycles. The van der Waals surface area contributed by atoms with Crippen LogP contribution in [0.5, 0.6) is 5.75 Å². The highest BCUT2D eigenvalue weighted by Gasteiger charge is 2.37. The molecule has 3 rings (SSSR count). The van der Waals surface area contributed by atoms with Gasteiger partial charge in [-0.25, -0.2) is 3.63 Å². The highest BCUT2D eigenvalue weighted by molar-refractivity contribution is 8.33. The van der Waals surface area contributed by atoms with Crippen molar-refractivity contribution < 1.29 is 30.3 Å². The minimum Gasteiger partial charge on any atom is -0.508 e. The van der Waals surface area contributed by atoms with E-state index in [4.69, 9.17) is 3.63 Å². The van der Waals surface area contributed by atoms with Gasteiger partial charge in [-0.05, 0) is 61.4 Å². The lowest BCUT2D eigenvalue weighted by Gasteiger charge is -2.34. The lowest BCUT2D eigenvalue weighted by molar-refractivity contribution is -0.137. The topological polar surface area (TPSA) is 63.6 Å². The molecule has 0 aliphatic carbocycles. The summed E-state index contributed by atoms with van der Waals surface area (Å²) in [6.07, 6.45) is -2.93. The standard InChI is InChI=1S/C17H17F3O4S2/c18-17(19,20)13-3-7-16(8-4-13)26(22,23)24-25(11-1-2-12-25)15-9-5-14(21)6-10-15/h3-10,21H,1-2,11-12H2. The number of benzene rings is 2. The zero-order valence-electron chi connectivity index (χ0n) is 13.6. The molecular weight excluding hydrogens is 389 g/mol. The van der Waals surface area contributed by atoms with E-state index in [0.29, 0.717) is 16.4 Å². The average molecular weight is 406 g/mol. The summed E-state index contributed by atoms with van der Waals surface area (Å²) in [5.41, 5.74) is -0.919. The number of phenols is 1. The molecule has 1 aliphatic heterocycles. The predicted octanol–water partition coefficient (Wildman–Crippen LogP) is 4.69. The van der Waals surface area contributed by atoms with Crippen LogP contribution in [0.2, 0.25) is 0 Å². The van der Waals surface area contributed by atoms with Crippen molar-refractivity contribution in [3.05, 3.63) is 54.1 Å². The summed E-state index contributed by atoms with van der Waals surface area (Å²) in [5, 5.41) is 9.44. The van der Waals surface area contributed by atoms with Crippen molar-refractivity contribution in [3.63, 3.8) is 0 Å². The zero-order chi connectivity index (χ0) is 19.0. The number of aromatic hydroxyl groups is 1. The Morgan fingerprint density at radius 2 is 1.46 bits per heavy atom. The Balaban J connectivity index is 1.92. The summed E-state index contributed by atoms with van der Waals surface area (Å²) in [6.45, 7) is 0. The molecule has 1 heterocycles. The van der Waals surface area contributed by atoms with Gasteiger partial charge in [0.1, 0.15) is 5.75 Å². The Morgan fingerprint density at radius 3 is 1.96 bits per heavy atom. The van der Waals surface area contributed by atoms with Gasteiger partial charge in [-0.3, -0.25) is 0 Å². The van der Waals surface area contributed by atoms with Crippen molar-refractivity contribution in [2.45, 2.75) is 28.8 Å². The molecule has 0 atom stereocenters. The minimum absolute atomic E-state index is 0.0619. The molecule has 0 amide bonds. The van der Waals surface area contributed by atoms with Crippen molar-refractivity contribution in [1.82, 2.24) is 0 Å². The van der Waals surface area contributed by atoms with Crippen LogP contribution in [-0.4, -0.2) is 25.0 Å². The van der Waals surface area contributed by atoms with E-state index in [1.165, 1.54) is 12.1 Å². The minimum atomic E-state index is -4.53. The van der Waals surface area contributed by atoms with Crippen molar-refractivity contribution in [3.8, 4) is 5.75 Å². The zero-order valence-corrected chi connectivity index (χ0v) is 15.2. The predicted molar refractivity (Wildman–Crippen MR) is 92.6 cm³/mol. The van der Waals surface area contributed by atoms with Crippen LogP contribution in [0.1, 0.15) is 18.4 Å². The second-order valence-electron chi connectivity index (χ2n) is 5.97. The van der Waals surface area contributed by atoms with E-state index in [0.717, 1.165) is 37.1 Å². The lowest BCUT2D eigenvalue weighted by Crippen LogP contribution is -2.15. The number of rotatable bonds is 4. The summed E-state index contributed by atoms with van der Waals surface area (Å²) in [6, 6.07) is 9.50. The average Bonchev–Trinajstić information content (AvgIpc) is 3.03. The van der Waals surface area contributed by atoms with E-state index in [2.05, 4.69) is 0 Å². The highest BCUT2D eigenvalue weighted by Crippen LogP contribution is 2.63. The van der Waals surface area contributed by atoms with Crippen LogP contribution in [0.25, 0.3) is 0 Å². The van der Waals surface area contributed by atoms with E-state index in [9.17, 15) is 26.7 Å². The van der Waals surface area contributed by atoms with Crippen molar-refractivity contribution in [2.75, 3.05) is 11.5 Å². The number of hydrogen-bond donors (Lipinski definition) is 1. The molecule has 26 heavy (non-hydrogen) atoms. The maximum atomic E-state index is 12.7. The Kier molecular flexibility index (Phi) is 4.98. The fraction of sp³-hybridized carbons (Fsp3) is 0.294. The third-order valence-corrected chi connectivity index (χ3v) is 9.79. The van der Waals surface area contributed by atoms with Gasteiger partial charge in [0.15, 0.2) is 0 Å². The third-order valence-electron chi connectivity index (χ3n) is 4.15. The van der Waals surface area contributed by atoms with Gasteiger partial charge in [-0.2, -0.15) is 21.6 Å². The summed E-state index contributed by atoms with van der Waals surface area (Å²) < 4.78 is 68.9. The molecule has 2 aromatic rings. The number of halogens is 3. The molecule has 0 spiro atoms. The van der Waals surface area contributed by atoms with Gasteiger partial charge in [0.05, 0.1) is 10.5 Å². The van der Waals surface area contributed by atoms with Crippen molar-refractivity contribution in [2.24, 2.45) is 0 Å². The Hall–Kier alpha value is -1.71. The maximum absolute atomic E-state index is 12.7. The lowest BCUT2D eigenvalue weighted by atomic mass is 10.2. The van der Waals surface area contributed by atoms with Crippen molar-refractivity contribution >= 4 is 20.4 Å². The molecule has 1 aliphatic rings. The van der Waals surface area contributed by atoms with Crippen molar-refractivity contribution in [1.29, 1.82) is 0 Å². The number of hydrogen-bond acceptors (Lipinski definition) is 4. The molecular formula is C17H17F3O4S2. The fourth-order valence-electron chi connectivity index (χ4n) is 2.83. The van der Waals surface area contributed by atoms with E-state index in [1.807, 2.05) is 0 Å². The first-order chi connectivity index (χ1) is 12.1. The number of alkyl halides is 3. The van der Waals surface area contributed by atoms with Gasteiger partial charge in [-0.15, -0.1) is 0 Å². The molecule has 9 heteroatoms. The van der Waals surface area contributed by atoms with Crippen LogP contribution < -0.4 is 0 Å². The SMILES string of the molecule is O=S(=O)(OS1(c2ccc(O)cc2)CCCC1)c1ccc(C(F)(F)F)cc1. The van der Waals surface area contributed by atoms with E-state index < -0.39 is 32.2 Å². The van der Waals surface area contributed by atoms with E-state index >= 15 is 0 Å². The van der Waals surface area contributed by atoms with E-state index in [1.54, 1.807) is 12.1 Å². The summed E-state index contributed by atoms with van der Waals surface area (Å²) in [4.78, 5) is 0.395. The van der Waals surface area contributed by atoms with Gasteiger partial charge in [-0.1, -0.05) is 10.3 Å². The molecule has 0 aromatic heterocycles. The van der Waals surface area contributed by atoms with E-state index in [-0.39, 0.29) is 10.6 Å². The Labute approximate surface area is 151 Å². The Bertz CT molecular complexity index is 870. The van der Waals surface area contributed by atoms with Crippen LogP contribution in [0.3, 0.4) is 0 Å². The smallest absolute Gasteiger partial charge is 0.416 e. The second kappa shape index (κ2) is 6.79. The molecule has 0 bridgehead atoms. The number of phenolic OH excluding ortho intramolecular Hbond substituents is 1. The third kappa shape index (κ3) is 3.84. The van der Waals surface area contributed by atoms with Crippen LogP contribution in [-0.2, 0) is 19.9 Å². The van der Waals surface area contributed by atoms with Gasteiger partial charge in [0.25, 0.3) is 0 Å². The maximum Gasteiger partial charge on any atom is 0.416 e. The highest BCUT2D eigenvalue weighted by atomic mass is 32.3. The van der Waals surface area contributed by atoms with Crippen LogP contribution in [0.15, 0.2) is 58.3 Å². The van der Waals surface area contributed by atoms with Crippen LogP contribution in [0.4, 0.5) is 13.2 Å². The molecule has 0 unspecified atom stereocenters. The molecule has 4 nitrogen and oxygen atoms in total. The molecule has 142 valence electrons. The largest absolute Gasteiger partial charge is 0.508 e. The monoisotopic (exact) mass is 406 g/mol. The molecule has 0 saturated carbocycles. The molecule has 1 N–H and O–H groups in total. The van der Waals surface area contributed by atoms with Crippen LogP contribution >= 0.6 is 10.3 Å². The first-order valence-corrected chi connectivity index (χ1v) is 11.1. The molecule has 1 saturated heterocycles. The van der Waals surface area contributed by atoms with Gasteiger partial charge < -0.3 is 5.11 Å². The first-order valence-electron chi connectivity index (χ1n) is 7.84.